The Labute approximate surface area is 208 Å². The van der Waals surface area contributed by atoms with Crippen LogP contribution < -0.4 is 10.9 Å². The van der Waals surface area contributed by atoms with Gasteiger partial charge in [0.2, 0.25) is 0 Å². The zero-order chi connectivity index (χ0) is 24.1. The summed E-state index contributed by atoms with van der Waals surface area (Å²) < 4.78 is 7.84. The number of benzene rings is 2. The number of para-hydroxylation sites is 1. The van der Waals surface area contributed by atoms with E-state index in [1.165, 1.54) is 6.42 Å². The zero-order valence-corrected chi connectivity index (χ0v) is 21.3. The minimum absolute atomic E-state index is 0.152. The molecule has 0 saturated heterocycles. The first-order valence-electron chi connectivity index (χ1n) is 11.8. The van der Waals surface area contributed by atoms with Crippen LogP contribution in [-0.4, -0.2) is 46.8 Å². The first-order chi connectivity index (χ1) is 16.5. The summed E-state index contributed by atoms with van der Waals surface area (Å²) in [6.45, 7) is 2.69. The van der Waals surface area contributed by atoms with Crippen LogP contribution in [0.3, 0.4) is 0 Å². The van der Waals surface area contributed by atoms with Crippen molar-refractivity contribution in [1.82, 2.24) is 19.8 Å². The molecule has 8 heteroatoms. The second-order valence-corrected chi connectivity index (χ2v) is 9.67. The van der Waals surface area contributed by atoms with E-state index in [1.54, 1.807) is 22.6 Å². The summed E-state index contributed by atoms with van der Waals surface area (Å²) in [5, 5.41) is 3.75. The van der Waals surface area contributed by atoms with Crippen LogP contribution in [-0.2, 0) is 4.74 Å². The summed E-state index contributed by atoms with van der Waals surface area (Å²) in [4.78, 5) is 33.6. The van der Waals surface area contributed by atoms with Gasteiger partial charge in [-0.05, 0) is 56.2 Å². The van der Waals surface area contributed by atoms with E-state index in [-0.39, 0.29) is 17.6 Å². The number of hydrogen-bond donors (Lipinski definition) is 1. The maximum atomic E-state index is 13.6. The number of hydrogen-bond acceptors (Lipinski definition) is 4. The van der Waals surface area contributed by atoms with Crippen LogP contribution in [0.5, 0.6) is 0 Å². The number of carbonyl (C=O) groups excluding carboxylic acids is 1. The van der Waals surface area contributed by atoms with Crippen LogP contribution in [0.15, 0.2) is 57.8 Å². The van der Waals surface area contributed by atoms with Crippen molar-refractivity contribution in [2.75, 3.05) is 20.3 Å². The number of amides is 2. The van der Waals surface area contributed by atoms with E-state index >= 15 is 0 Å². The standard InChI is InChI=1S/C26H31BrN4O3/c1-18(30(16-17-34-2)26(33)28-20-8-4-3-5-9-20)24-29-23-11-7-6-10-22(23)25(32)31(24)21-14-12-19(27)13-15-21/h6-7,10-15,18,20H,3-5,8-9,16-17H2,1-2H3,(H,28,33). The number of ether oxygens (including phenoxy) is 1. The molecule has 1 heterocycles. The monoisotopic (exact) mass is 526 g/mol. The topological polar surface area (TPSA) is 76.5 Å². The highest BCUT2D eigenvalue weighted by Crippen LogP contribution is 2.25. The first-order valence-corrected chi connectivity index (χ1v) is 12.6. The number of halogens is 1. The van der Waals surface area contributed by atoms with Crippen molar-refractivity contribution in [1.29, 1.82) is 0 Å². The lowest BCUT2D eigenvalue weighted by Gasteiger charge is -2.33. The number of rotatable bonds is 7. The molecule has 1 fully saturated rings. The highest BCUT2D eigenvalue weighted by molar-refractivity contribution is 9.10. The molecule has 1 unspecified atom stereocenters. The molecule has 0 bridgehead atoms. The van der Waals surface area contributed by atoms with Crippen LogP contribution in [0.2, 0.25) is 0 Å². The zero-order valence-electron chi connectivity index (χ0n) is 19.7. The number of carbonyl (C=O) groups is 1. The second-order valence-electron chi connectivity index (χ2n) is 8.75. The van der Waals surface area contributed by atoms with Gasteiger partial charge in [-0.3, -0.25) is 9.36 Å². The quantitative estimate of drug-likeness (QED) is 0.459. The van der Waals surface area contributed by atoms with Crippen molar-refractivity contribution in [3.63, 3.8) is 0 Å². The third-order valence-electron chi connectivity index (χ3n) is 6.46. The smallest absolute Gasteiger partial charge is 0.318 e. The Hall–Kier alpha value is -2.71. The van der Waals surface area contributed by atoms with Crippen LogP contribution in [0.25, 0.3) is 16.6 Å². The molecular formula is C26H31BrN4O3. The number of urea groups is 1. The molecule has 1 aliphatic rings. The minimum Gasteiger partial charge on any atom is -0.383 e. The Balaban J connectivity index is 1.78. The number of aromatic nitrogens is 2. The van der Waals surface area contributed by atoms with Gasteiger partial charge in [0.25, 0.3) is 5.56 Å². The van der Waals surface area contributed by atoms with Gasteiger partial charge in [-0.25, -0.2) is 9.78 Å². The Bertz CT molecular complexity index is 1190. The lowest BCUT2D eigenvalue weighted by atomic mass is 9.96. The van der Waals surface area contributed by atoms with E-state index in [1.807, 2.05) is 49.4 Å². The molecule has 180 valence electrons. The molecule has 1 atom stereocenters. The van der Waals surface area contributed by atoms with Crippen LogP contribution in [0.4, 0.5) is 4.79 Å². The normalized spacial score (nSPS) is 15.3. The van der Waals surface area contributed by atoms with Crippen molar-refractivity contribution in [2.24, 2.45) is 0 Å². The van der Waals surface area contributed by atoms with Gasteiger partial charge >= 0.3 is 6.03 Å². The molecule has 1 aromatic heterocycles. The van der Waals surface area contributed by atoms with E-state index in [4.69, 9.17) is 9.72 Å². The Morgan fingerprint density at radius 1 is 1.18 bits per heavy atom. The number of nitrogens with zero attached hydrogens (tertiary/aromatic N) is 3. The van der Waals surface area contributed by atoms with E-state index in [0.717, 1.165) is 30.2 Å². The average Bonchev–Trinajstić information content (AvgIpc) is 2.85. The van der Waals surface area contributed by atoms with Gasteiger partial charge in [0.05, 0.1) is 29.2 Å². The Morgan fingerprint density at radius 2 is 1.88 bits per heavy atom. The predicted molar refractivity (Wildman–Crippen MR) is 137 cm³/mol. The SMILES string of the molecule is COCCN(C(=O)NC1CCCCC1)C(C)c1nc2ccccc2c(=O)n1-c1ccc(Br)cc1. The van der Waals surface area contributed by atoms with Gasteiger partial charge in [0.15, 0.2) is 0 Å². The maximum absolute atomic E-state index is 13.6. The van der Waals surface area contributed by atoms with E-state index in [0.29, 0.717) is 35.6 Å². The van der Waals surface area contributed by atoms with Crippen molar-refractivity contribution < 1.29 is 9.53 Å². The van der Waals surface area contributed by atoms with Gasteiger partial charge in [-0.15, -0.1) is 0 Å². The molecule has 0 radical (unpaired) electrons. The predicted octanol–water partition coefficient (Wildman–Crippen LogP) is 5.20. The van der Waals surface area contributed by atoms with Crippen molar-refractivity contribution in [3.8, 4) is 5.69 Å². The average molecular weight is 527 g/mol. The van der Waals surface area contributed by atoms with Crippen LogP contribution in [0.1, 0.15) is 50.9 Å². The van der Waals surface area contributed by atoms with E-state index < -0.39 is 6.04 Å². The molecule has 7 nitrogen and oxygen atoms in total. The molecule has 3 aromatic rings. The van der Waals surface area contributed by atoms with Crippen LogP contribution >= 0.6 is 15.9 Å². The molecule has 34 heavy (non-hydrogen) atoms. The summed E-state index contributed by atoms with van der Waals surface area (Å²) in [7, 11) is 1.62. The molecule has 0 aliphatic heterocycles. The summed E-state index contributed by atoms with van der Waals surface area (Å²) in [5.41, 5.74) is 1.16. The number of methoxy groups -OCH3 is 1. The highest BCUT2D eigenvalue weighted by Gasteiger charge is 2.28. The fourth-order valence-electron chi connectivity index (χ4n) is 4.57. The Morgan fingerprint density at radius 3 is 2.59 bits per heavy atom. The summed E-state index contributed by atoms with van der Waals surface area (Å²) in [6.07, 6.45) is 5.48. The first kappa shape index (κ1) is 24.4. The van der Waals surface area contributed by atoms with Crippen molar-refractivity contribution in [2.45, 2.75) is 51.1 Å². The molecule has 2 amide bonds. The van der Waals surface area contributed by atoms with Crippen LogP contribution in [0, 0.1) is 0 Å². The van der Waals surface area contributed by atoms with Gasteiger partial charge in [0, 0.05) is 24.2 Å². The van der Waals surface area contributed by atoms with E-state index in [9.17, 15) is 9.59 Å². The fraction of sp³-hybridized carbons (Fsp3) is 0.423. The molecule has 1 saturated carbocycles. The Kier molecular flexibility index (Phi) is 8.00. The van der Waals surface area contributed by atoms with Crippen molar-refractivity contribution >= 4 is 32.9 Å². The third-order valence-corrected chi connectivity index (χ3v) is 6.99. The third kappa shape index (κ3) is 5.33. The van der Waals surface area contributed by atoms with E-state index in [2.05, 4.69) is 21.2 Å². The largest absolute Gasteiger partial charge is 0.383 e. The highest BCUT2D eigenvalue weighted by atomic mass is 79.9. The van der Waals surface area contributed by atoms with Gasteiger partial charge in [-0.2, -0.15) is 0 Å². The summed E-state index contributed by atoms with van der Waals surface area (Å²) in [6, 6.07) is 14.4. The molecular weight excluding hydrogens is 496 g/mol. The fourth-order valence-corrected chi connectivity index (χ4v) is 4.84. The van der Waals surface area contributed by atoms with Gasteiger partial charge in [0.1, 0.15) is 5.82 Å². The maximum Gasteiger partial charge on any atom is 0.318 e. The molecule has 4 rings (SSSR count). The molecule has 1 aliphatic carbocycles. The summed E-state index contributed by atoms with van der Waals surface area (Å²) >= 11 is 3.46. The minimum atomic E-state index is -0.459. The van der Waals surface area contributed by atoms with Crippen molar-refractivity contribution in [3.05, 3.63) is 69.2 Å². The van der Waals surface area contributed by atoms with Gasteiger partial charge < -0.3 is 15.0 Å². The molecule has 2 aromatic carbocycles. The molecule has 1 N–H and O–H groups in total. The number of nitrogens with one attached hydrogen (secondary N) is 1. The van der Waals surface area contributed by atoms with Gasteiger partial charge in [-0.1, -0.05) is 47.3 Å². The second kappa shape index (κ2) is 11.1. The molecule has 0 spiro atoms. The lowest BCUT2D eigenvalue weighted by Crippen LogP contribution is -2.48. The summed E-state index contributed by atoms with van der Waals surface area (Å²) in [5.74, 6) is 0.515. The lowest BCUT2D eigenvalue weighted by molar-refractivity contribution is 0.127. The number of fused-ring (bicyclic) bond motifs is 1.